The summed E-state index contributed by atoms with van der Waals surface area (Å²) in [5, 5.41) is 19.4. The van der Waals surface area contributed by atoms with Crippen LogP contribution in [0.4, 0.5) is 11.5 Å². The first-order chi connectivity index (χ1) is 15.2. The Bertz CT molecular complexity index is 1240. The van der Waals surface area contributed by atoms with Crippen LogP contribution >= 0.6 is 0 Å². The topological polar surface area (TPSA) is 153 Å². The molecule has 156 valence electrons. The quantitative estimate of drug-likeness (QED) is 0.346. The molecule has 0 saturated heterocycles. The minimum absolute atomic E-state index is 0.0378. The molecule has 1 amide bonds. The van der Waals surface area contributed by atoms with E-state index in [9.17, 15) is 4.79 Å². The number of aromatic nitrogens is 5. The number of benzene rings is 1. The lowest BCUT2D eigenvalue weighted by Crippen LogP contribution is -2.26. The molecule has 1 aromatic carbocycles. The predicted octanol–water partition coefficient (Wildman–Crippen LogP) is 1.15. The fourth-order valence-corrected chi connectivity index (χ4v) is 3.45. The van der Waals surface area contributed by atoms with Crippen LogP contribution in [0.3, 0.4) is 0 Å². The predicted molar refractivity (Wildman–Crippen MR) is 109 cm³/mol. The second-order valence-corrected chi connectivity index (χ2v) is 6.78. The third-order valence-corrected chi connectivity index (χ3v) is 4.90. The molecule has 0 atom stereocenters. The van der Waals surface area contributed by atoms with Crippen LogP contribution in [-0.4, -0.2) is 44.0 Å². The van der Waals surface area contributed by atoms with Gasteiger partial charge in [0.1, 0.15) is 5.76 Å². The zero-order chi connectivity index (χ0) is 21.2. The van der Waals surface area contributed by atoms with Crippen LogP contribution in [0, 0.1) is 0 Å². The van der Waals surface area contributed by atoms with Gasteiger partial charge in [0.25, 0.3) is 5.91 Å². The number of rotatable bonds is 6. The minimum Gasteiger partial charge on any atom is -0.463 e. The molecule has 12 heteroatoms. The zero-order valence-corrected chi connectivity index (χ0v) is 16.2. The van der Waals surface area contributed by atoms with E-state index in [-0.39, 0.29) is 17.3 Å². The van der Waals surface area contributed by atoms with Gasteiger partial charge in [0.05, 0.1) is 24.7 Å². The Morgan fingerprint density at radius 1 is 1.26 bits per heavy atom. The summed E-state index contributed by atoms with van der Waals surface area (Å²) in [6.07, 6.45) is 3.80. The number of hydrogen-bond acceptors (Lipinski definition) is 10. The summed E-state index contributed by atoms with van der Waals surface area (Å²) >= 11 is 0. The molecule has 3 N–H and O–H groups in total. The van der Waals surface area contributed by atoms with Crippen molar-refractivity contribution in [2.24, 2.45) is 5.10 Å². The molecule has 4 aromatic rings. The fourth-order valence-electron chi connectivity index (χ4n) is 3.45. The van der Waals surface area contributed by atoms with E-state index in [1.54, 1.807) is 12.1 Å². The second-order valence-electron chi connectivity index (χ2n) is 6.78. The molecule has 5 rings (SSSR count). The molecular formula is C19H17N9O3. The van der Waals surface area contributed by atoms with E-state index in [0.717, 1.165) is 18.7 Å². The van der Waals surface area contributed by atoms with Crippen LogP contribution in [0.2, 0.25) is 0 Å². The lowest BCUT2D eigenvalue weighted by atomic mass is 10.2. The number of amides is 1. The Morgan fingerprint density at radius 2 is 2.16 bits per heavy atom. The first-order valence-electron chi connectivity index (χ1n) is 9.43. The van der Waals surface area contributed by atoms with E-state index in [1.165, 1.54) is 22.7 Å². The Labute approximate surface area is 175 Å². The van der Waals surface area contributed by atoms with Crippen molar-refractivity contribution < 1.29 is 13.8 Å². The largest absolute Gasteiger partial charge is 0.463 e. The van der Waals surface area contributed by atoms with E-state index in [1.807, 2.05) is 18.2 Å². The van der Waals surface area contributed by atoms with Crippen molar-refractivity contribution in [3.63, 3.8) is 0 Å². The number of nitrogens with zero attached hydrogens (tertiary/aromatic N) is 7. The summed E-state index contributed by atoms with van der Waals surface area (Å²) in [5.74, 6) is 0.162. The first-order valence-corrected chi connectivity index (χ1v) is 9.43. The molecule has 1 aliphatic heterocycles. The van der Waals surface area contributed by atoms with Crippen LogP contribution in [0.25, 0.3) is 5.82 Å². The number of nitrogens with one attached hydrogen (secondary N) is 1. The Morgan fingerprint density at radius 3 is 2.97 bits per heavy atom. The van der Waals surface area contributed by atoms with Gasteiger partial charge in [-0.05, 0) is 40.5 Å². The molecule has 0 unspecified atom stereocenters. The highest BCUT2D eigenvalue weighted by Gasteiger charge is 2.27. The highest BCUT2D eigenvalue weighted by molar-refractivity contribution is 5.94. The number of carbonyl (C=O) groups is 1. The van der Waals surface area contributed by atoms with Crippen molar-refractivity contribution in [3.05, 3.63) is 65.4 Å². The molecule has 0 fully saturated rings. The maximum absolute atomic E-state index is 12.8. The van der Waals surface area contributed by atoms with Gasteiger partial charge in [0, 0.05) is 12.2 Å². The Kier molecular flexibility index (Phi) is 4.63. The van der Waals surface area contributed by atoms with E-state index in [2.05, 4.69) is 42.1 Å². The van der Waals surface area contributed by atoms with Crippen LogP contribution < -0.4 is 16.1 Å². The number of furan rings is 1. The van der Waals surface area contributed by atoms with Crippen molar-refractivity contribution in [2.75, 3.05) is 17.2 Å². The van der Waals surface area contributed by atoms with Gasteiger partial charge >= 0.3 is 0 Å². The monoisotopic (exact) mass is 419 g/mol. The smallest absolute Gasteiger partial charge is 0.293 e. The second kappa shape index (κ2) is 7.74. The van der Waals surface area contributed by atoms with Crippen molar-refractivity contribution in [2.45, 2.75) is 13.0 Å². The Hall–Kier alpha value is -4.48. The van der Waals surface area contributed by atoms with Gasteiger partial charge < -0.3 is 15.1 Å². The molecule has 0 aliphatic carbocycles. The van der Waals surface area contributed by atoms with Gasteiger partial charge in [-0.3, -0.25) is 4.79 Å². The lowest BCUT2D eigenvalue weighted by Gasteiger charge is -2.19. The van der Waals surface area contributed by atoms with Gasteiger partial charge in [-0.1, -0.05) is 23.4 Å². The molecule has 31 heavy (non-hydrogen) atoms. The number of hydrazone groups is 1. The zero-order valence-electron chi connectivity index (χ0n) is 16.2. The van der Waals surface area contributed by atoms with Crippen molar-refractivity contribution >= 4 is 23.6 Å². The van der Waals surface area contributed by atoms with Crippen LogP contribution in [0.15, 0.2) is 56.8 Å². The van der Waals surface area contributed by atoms with Crippen molar-refractivity contribution in [1.29, 1.82) is 0 Å². The van der Waals surface area contributed by atoms with E-state index >= 15 is 0 Å². The number of carbonyl (C=O) groups excluding carboxylic acids is 1. The third kappa shape index (κ3) is 3.50. The summed E-state index contributed by atoms with van der Waals surface area (Å²) in [7, 11) is 0. The Balaban J connectivity index is 1.46. The summed E-state index contributed by atoms with van der Waals surface area (Å²) in [5.41, 5.74) is 11.2. The average molecular weight is 419 g/mol. The van der Waals surface area contributed by atoms with Gasteiger partial charge in [0.2, 0.25) is 11.6 Å². The van der Waals surface area contributed by atoms with Crippen LogP contribution in [0.5, 0.6) is 0 Å². The molecule has 12 nitrogen and oxygen atoms in total. The first kappa shape index (κ1) is 18.5. The average Bonchev–Trinajstić information content (AvgIpc) is 3.56. The standard InChI is InChI=1S/C19H17N9O3/c20-17-18(25-31-24-17)28-15(11-27-8-7-12-4-1-2-6-14(12)27)16(22-26-28)19(29)23-21-10-13-5-3-9-30-13/h1-6,9-10H,7-8,11H2,(H2,20,24)(H,23,29). The summed E-state index contributed by atoms with van der Waals surface area (Å²) in [4.78, 5) is 14.9. The number of hydrogen-bond donors (Lipinski definition) is 2. The molecule has 4 heterocycles. The van der Waals surface area contributed by atoms with E-state index in [0.29, 0.717) is 18.0 Å². The van der Waals surface area contributed by atoms with E-state index < -0.39 is 5.91 Å². The minimum atomic E-state index is -0.536. The van der Waals surface area contributed by atoms with Gasteiger partial charge in [-0.2, -0.15) is 9.78 Å². The van der Waals surface area contributed by atoms with Gasteiger partial charge in [-0.25, -0.2) is 10.1 Å². The number of fused-ring (bicyclic) bond motifs is 1. The molecule has 1 aliphatic rings. The molecule has 0 saturated carbocycles. The maximum atomic E-state index is 12.8. The van der Waals surface area contributed by atoms with Crippen molar-refractivity contribution in [3.8, 4) is 5.82 Å². The molecule has 3 aromatic heterocycles. The maximum Gasteiger partial charge on any atom is 0.293 e. The highest BCUT2D eigenvalue weighted by Crippen LogP contribution is 2.29. The van der Waals surface area contributed by atoms with Gasteiger partial charge in [0.15, 0.2) is 5.69 Å². The highest BCUT2D eigenvalue weighted by atomic mass is 16.6. The number of nitrogens with two attached hydrogens (primary N) is 1. The number of nitrogen functional groups attached to an aromatic ring is 1. The van der Waals surface area contributed by atoms with Crippen LogP contribution in [0.1, 0.15) is 27.5 Å². The lowest BCUT2D eigenvalue weighted by molar-refractivity contribution is 0.0949. The number of anilines is 2. The van der Waals surface area contributed by atoms with Crippen molar-refractivity contribution in [1.82, 2.24) is 30.7 Å². The fraction of sp³-hybridized carbons (Fsp3) is 0.158. The summed E-state index contributed by atoms with van der Waals surface area (Å²) in [6.45, 7) is 1.13. The molecular weight excluding hydrogens is 402 g/mol. The summed E-state index contributed by atoms with van der Waals surface area (Å²) < 4.78 is 11.2. The molecule has 0 radical (unpaired) electrons. The normalized spacial score (nSPS) is 13.1. The molecule has 0 bridgehead atoms. The van der Waals surface area contributed by atoms with Crippen LogP contribution in [-0.2, 0) is 13.0 Å². The van der Waals surface area contributed by atoms with Gasteiger partial charge in [-0.15, -0.1) is 5.10 Å². The summed E-state index contributed by atoms with van der Waals surface area (Å²) in [6, 6.07) is 11.5. The third-order valence-electron chi connectivity index (χ3n) is 4.90. The SMILES string of the molecule is Nc1nonc1-n1nnc(C(=O)NN=Cc2ccco2)c1CN1CCc2ccccc21. The molecule has 0 spiro atoms. The van der Waals surface area contributed by atoms with E-state index in [4.69, 9.17) is 14.8 Å². The number of para-hydroxylation sites is 1.